The van der Waals surface area contributed by atoms with Gasteiger partial charge in [0.1, 0.15) is 6.61 Å². The van der Waals surface area contributed by atoms with E-state index in [-0.39, 0.29) is 25.2 Å². The van der Waals surface area contributed by atoms with Crippen LogP contribution in [0.3, 0.4) is 0 Å². The SMILES string of the molecule is C=C(CC(C(=O)OC)C(=O)OCc1ccccc1)C(=O)OCC. The van der Waals surface area contributed by atoms with Gasteiger partial charge in [-0.05, 0) is 12.5 Å². The second-order valence-corrected chi connectivity index (χ2v) is 4.70. The van der Waals surface area contributed by atoms with Crippen molar-refractivity contribution in [2.24, 2.45) is 5.92 Å². The van der Waals surface area contributed by atoms with Gasteiger partial charge in [0.25, 0.3) is 0 Å². The van der Waals surface area contributed by atoms with E-state index in [9.17, 15) is 14.4 Å². The Kier molecular flexibility index (Phi) is 7.53. The molecule has 0 aliphatic carbocycles. The Balaban J connectivity index is 2.69. The van der Waals surface area contributed by atoms with E-state index in [1.165, 1.54) is 0 Å². The van der Waals surface area contributed by atoms with Crippen molar-refractivity contribution in [1.29, 1.82) is 0 Å². The quantitative estimate of drug-likeness (QED) is 0.316. The zero-order valence-corrected chi connectivity index (χ0v) is 13.2. The smallest absolute Gasteiger partial charge is 0.333 e. The molecule has 23 heavy (non-hydrogen) atoms. The first-order chi connectivity index (χ1) is 11.0. The molecule has 0 fully saturated rings. The molecule has 0 amide bonds. The van der Waals surface area contributed by atoms with E-state index in [0.29, 0.717) is 0 Å². The van der Waals surface area contributed by atoms with Crippen LogP contribution in [0.4, 0.5) is 0 Å². The van der Waals surface area contributed by atoms with Crippen LogP contribution in [0.15, 0.2) is 42.5 Å². The van der Waals surface area contributed by atoms with Gasteiger partial charge in [0, 0.05) is 12.0 Å². The summed E-state index contributed by atoms with van der Waals surface area (Å²) in [6.45, 7) is 5.40. The highest BCUT2D eigenvalue weighted by Gasteiger charge is 2.31. The van der Waals surface area contributed by atoms with Crippen molar-refractivity contribution in [2.75, 3.05) is 13.7 Å². The summed E-state index contributed by atoms with van der Waals surface area (Å²) in [5.41, 5.74) is 0.799. The van der Waals surface area contributed by atoms with Crippen LogP contribution in [0.2, 0.25) is 0 Å². The van der Waals surface area contributed by atoms with Crippen LogP contribution < -0.4 is 0 Å². The van der Waals surface area contributed by atoms with Crippen LogP contribution in [0, 0.1) is 5.92 Å². The maximum Gasteiger partial charge on any atom is 0.333 e. The summed E-state index contributed by atoms with van der Waals surface area (Å²) in [4.78, 5) is 35.4. The minimum absolute atomic E-state index is 0.0129. The Hall–Kier alpha value is -2.63. The van der Waals surface area contributed by atoms with Gasteiger partial charge in [-0.3, -0.25) is 9.59 Å². The molecular formula is C17H20O6. The molecule has 0 spiro atoms. The van der Waals surface area contributed by atoms with Crippen molar-refractivity contribution >= 4 is 17.9 Å². The number of hydrogen-bond acceptors (Lipinski definition) is 6. The summed E-state index contributed by atoms with van der Waals surface area (Å²) >= 11 is 0. The molecule has 0 saturated heterocycles. The van der Waals surface area contributed by atoms with Crippen molar-refractivity contribution in [3.8, 4) is 0 Å². The van der Waals surface area contributed by atoms with Crippen LogP contribution in [-0.4, -0.2) is 31.6 Å². The summed E-state index contributed by atoms with van der Waals surface area (Å²) in [5, 5.41) is 0. The minimum Gasteiger partial charge on any atom is -0.468 e. The molecular weight excluding hydrogens is 300 g/mol. The second kappa shape index (κ2) is 9.40. The highest BCUT2D eigenvalue weighted by Crippen LogP contribution is 2.16. The van der Waals surface area contributed by atoms with Gasteiger partial charge >= 0.3 is 17.9 Å². The van der Waals surface area contributed by atoms with E-state index in [0.717, 1.165) is 12.7 Å². The maximum absolute atomic E-state index is 12.1. The van der Waals surface area contributed by atoms with Gasteiger partial charge in [-0.25, -0.2) is 4.79 Å². The first kappa shape index (κ1) is 18.4. The third-order valence-electron chi connectivity index (χ3n) is 3.01. The first-order valence-corrected chi connectivity index (χ1v) is 7.12. The lowest BCUT2D eigenvalue weighted by molar-refractivity contribution is -0.161. The molecule has 0 aromatic heterocycles. The third kappa shape index (κ3) is 5.94. The van der Waals surface area contributed by atoms with Gasteiger partial charge in [-0.1, -0.05) is 36.9 Å². The van der Waals surface area contributed by atoms with Gasteiger partial charge in [0.2, 0.25) is 0 Å². The van der Waals surface area contributed by atoms with Crippen LogP contribution in [0.5, 0.6) is 0 Å². The molecule has 1 aromatic carbocycles. The monoisotopic (exact) mass is 320 g/mol. The highest BCUT2D eigenvalue weighted by molar-refractivity contribution is 5.97. The average Bonchev–Trinajstić information content (AvgIpc) is 2.57. The summed E-state index contributed by atoms with van der Waals surface area (Å²) in [6, 6.07) is 9.04. The molecule has 6 nitrogen and oxygen atoms in total. The molecule has 0 bridgehead atoms. The van der Waals surface area contributed by atoms with Crippen LogP contribution in [0.1, 0.15) is 18.9 Å². The van der Waals surface area contributed by atoms with E-state index in [1.54, 1.807) is 19.1 Å². The molecule has 6 heteroatoms. The normalized spacial score (nSPS) is 11.2. The number of esters is 3. The molecule has 124 valence electrons. The summed E-state index contributed by atoms with van der Waals surface area (Å²) in [7, 11) is 1.16. The topological polar surface area (TPSA) is 78.9 Å². The molecule has 1 atom stereocenters. The number of carbonyl (C=O) groups excluding carboxylic acids is 3. The molecule has 0 N–H and O–H groups in total. The van der Waals surface area contributed by atoms with Crippen molar-refractivity contribution in [1.82, 2.24) is 0 Å². The fourth-order valence-corrected chi connectivity index (χ4v) is 1.80. The number of hydrogen-bond donors (Lipinski definition) is 0. The Morgan fingerprint density at radius 3 is 2.30 bits per heavy atom. The lowest BCUT2D eigenvalue weighted by Gasteiger charge is -2.15. The predicted molar refractivity (Wildman–Crippen MR) is 82.1 cm³/mol. The van der Waals surface area contributed by atoms with Gasteiger partial charge in [-0.15, -0.1) is 0 Å². The molecule has 1 unspecified atom stereocenters. The van der Waals surface area contributed by atoms with Crippen molar-refractivity contribution < 1.29 is 28.6 Å². The van der Waals surface area contributed by atoms with Crippen LogP contribution >= 0.6 is 0 Å². The van der Waals surface area contributed by atoms with Gasteiger partial charge in [0.15, 0.2) is 5.92 Å². The van der Waals surface area contributed by atoms with E-state index in [1.807, 2.05) is 18.2 Å². The van der Waals surface area contributed by atoms with Gasteiger partial charge in [0.05, 0.1) is 13.7 Å². The molecule has 1 rings (SSSR count). The van der Waals surface area contributed by atoms with E-state index < -0.39 is 23.8 Å². The largest absolute Gasteiger partial charge is 0.468 e. The number of rotatable bonds is 8. The summed E-state index contributed by atoms with van der Waals surface area (Å²) < 4.78 is 14.5. The van der Waals surface area contributed by atoms with E-state index in [2.05, 4.69) is 11.3 Å². The van der Waals surface area contributed by atoms with Crippen molar-refractivity contribution in [3.63, 3.8) is 0 Å². The zero-order chi connectivity index (χ0) is 17.2. The molecule has 0 saturated carbocycles. The van der Waals surface area contributed by atoms with Crippen molar-refractivity contribution in [2.45, 2.75) is 20.0 Å². The number of ether oxygens (including phenoxy) is 3. The van der Waals surface area contributed by atoms with Crippen LogP contribution in [0.25, 0.3) is 0 Å². The predicted octanol–water partition coefficient (Wildman–Crippen LogP) is 2.03. The molecule has 0 aliphatic rings. The summed E-state index contributed by atoms with van der Waals surface area (Å²) in [6.07, 6.45) is -0.209. The Labute approximate surface area is 135 Å². The highest BCUT2D eigenvalue weighted by atomic mass is 16.6. The maximum atomic E-state index is 12.1. The number of carbonyl (C=O) groups is 3. The number of methoxy groups -OCH3 is 1. The standard InChI is InChI=1S/C17H20O6/c1-4-22-15(18)12(2)10-14(16(19)21-3)17(20)23-11-13-8-6-5-7-9-13/h5-9,14H,2,4,10-11H2,1,3H3. The third-order valence-corrected chi connectivity index (χ3v) is 3.01. The van der Waals surface area contributed by atoms with Gasteiger partial charge < -0.3 is 14.2 Å². The first-order valence-electron chi connectivity index (χ1n) is 7.12. The lowest BCUT2D eigenvalue weighted by atomic mass is 10.0. The fraction of sp³-hybridized carbons (Fsp3) is 0.353. The average molecular weight is 320 g/mol. The molecule has 1 aromatic rings. The van der Waals surface area contributed by atoms with Gasteiger partial charge in [-0.2, -0.15) is 0 Å². The minimum atomic E-state index is -1.25. The van der Waals surface area contributed by atoms with Crippen LogP contribution in [-0.2, 0) is 35.2 Å². The Bertz CT molecular complexity index is 564. The van der Waals surface area contributed by atoms with E-state index >= 15 is 0 Å². The lowest BCUT2D eigenvalue weighted by Crippen LogP contribution is -2.29. The Morgan fingerprint density at radius 1 is 1.09 bits per heavy atom. The fourth-order valence-electron chi connectivity index (χ4n) is 1.80. The number of benzene rings is 1. The molecule has 0 heterocycles. The zero-order valence-electron chi connectivity index (χ0n) is 13.2. The molecule has 0 radical (unpaired) electrons. The van der Waals surface area contributed by atoms with E-state index in [4.69, 9.17) is 9.47 Å². The molecule has 0 aliphatic heterocycles. The van der Waals surface area contributed by atoms with Crippen molar-refractivity contribution in [3.05, 3.63) is 48.0 Å². The summed E-state index contributed by atoms with van der Waals surface area (Å²) in [5.74, 6) is -3.46. The second-order valence-electron chi connectivity index (χ2n) is 4.70. The Morgan fingerprint density at radius 2 is 1.74 bits per heavy atom.